The van der Waals surface area contributed by atoms with Gasteiger partial charge in [-0.2, -0.15) is 0 Å². The lowest BCUT2D eigenvalue weighted by molar-refractivity contribution is 0.101. The van der Waals surface area contributed by atoms with Crippen molar-refractivity contribution in [2.45, 2.75) is 6.92 Å². The zero-order chi connectivity index (χ0) is 16.1. The predicted molar refractivity (Wildman–Crippen MR) is 84.5 cm³/mol. The summed E-state index contributed by atoms with van der Waals surface area (Å²) in [4.78, 5) is 23.3. The van der Waals surface area contributed by atoms with Gasteiger partial charge in [-0.15, -0.1) is 0 Å². The van der Waals surface area contributed by atoms with E-state index in [-0.39, 0.29) is 17.3 Å². The zero-order valence-electron chi connectivity index (χ0n) is 12.4. The Morgan fingerprint density at radius 3 is 2.27 bits per heavy atom. The average molecular weight is 296 g/mol. The van der Waals surface area contributed by atoms with Crippen LogP contribution in [0.3, 0.4) is 0 Å². The number of phenols is 1. The Kier molecular flexibility index (Phi) is 4.73. The number of carbonyl (C=O) groups is 2. The van der Waals surface area contributed by atoms with Gasteiger partial charge in [0.05, 0.1) is 7.11 Å². The number of allylic oxidation sites excluding steroid dienone is 1. The van der Waals surface area contributed by atoms with E-state index >= 15 is 0 Å². The van der Waals surface area contributed by atoms with Gasteiger partial charge >= 0.3 is 0 Å². The van der Waals surface area contributed by atoms with Gasteiger partial charge in [-0.3, -0.25) is 9.59 Å². The van der Waals surface area contributed by atoms with Crippen LogP contribution in [0.15, 0.2) is 48.5 Å². The molecule has 4 heteroatoms. The molecule has 0 radical (unpaired) electrons. The van der Waals surface area contributed by atoms with Crippen molar-refractivity contribution in [1.29, 1.82) is 0 Å². The first-order valence-corrected chi connectivity index (χ1v) is 6.71. The first-order chi connectivity index (χ1) is 10.5. The second-order valence-corrected chi connectivity index (χ2v) is 4.76. The summed E-state index contributed by atoms with van der Waals surface area (Å²) in [5, 5.41) is 9.52. The number of ketones is 2. The minimum atomic E-state index is -0.165. The summed E-state index contributed by atoms with van der Waals surface area (Å²) in [5.74, 6) is 0.194. The monoisotopic (exact) mass is 296 g/mol. The number of carbonyl (C=O) groups excluding carboxylic acids is 2. The molecule has 0 saturated heterocycles. The lowest BCUT2D eigenvalue weighted by Gasteiger charge is -2.03. The van der Waals surface area contributed by atoms with Gasteiger partial charge in [-0.25, -0.2) is 0 Å². The fourth-order valence-electron chi connectivity index (χ4n) is 1.94. The second kappa shape index (κ2) is 6.72. The third-order valence-electron chi connectivity index (χ3n) is 3.21. The van der Waals surface area contributed by atoms with Crippen LogP contribution in [-0.4, -0.2) is 23.8 Å². The minimum absolute atomic E-state index is 0.0364. The van der Waals surface area contributed by atoms with Crippen LogP contribution in [0.25, 0.3) is 6.08 Å². The number of benzene rings is 2. The predicted octanol–water partition coefficient (Wildman–Crippen LogP) is 3.50. The molecule has 112 valence electrons. The van der Waals surface area contributed by atoms with Gasteiger partial charge in [-0.1, -0.05) is 36.4 Å². The Morgan fingerprint density at radius 1 is 1.05 bits per heavy atom. The summed E-state index contributed by atoms with van der Waals surface area (Å²) in [6, 6.07) is 11.3. The molecule has 0 fully saturated rings. The molecule has 0 aliphatic rings. The largest absolute Gasteiger partial charge is 0.504 e. The van der Waals surface area contributed by atoms with Crippen molar-refractivity contribution in [2.24, 2.45) is 0 Å². The number of Topliss-reactive ketones (excluding diaryl/α,β-unsaturated/α-hetero) is 1. The Hall–Kier alpha value is -2.88. The van der Waals surface area contributed by atoms with Crippen LogP contribution < -0.4 is 4.74 Å². The van der Waals surface area contributed by atoms with Crippen LogP contribution in [-0.2, 0) is 0 Å². The summed E-state index contributed by atoms with van der Waals surface area (Å²) in [6.07, 6.45) is 3.08. The Labute approximate surface area is 128 Å². The quantitative estimate of drug-likeness (QED) is 0.677. The van der Waals surface area contributed by atoms with E-state index in [2.05, 4.69) is 0 Å². The smallest absolute Gasteiger partial charge is 0.185 e. The number of methoxy groups -OCH3 is 1. The van der Waals surface area contributed by atoms with E-state index in [0.717, 1.165) is 5.56 Å². The van der Waals surface area contributed by atoms with E-state index in [4.69, 9.17) is 4.74 Å². The molecule has 0 aromatic heterocycles. The minimum Gasteiger partial charge on any atom is -0.504 e. The second-order valence-electron chi connectivity index (χ2n) is 4.76. The molecule has 1 N–H and O–H groups in total. The molecule has 4 nitrogen and oxygen atoms in total. The Bertz CT molecular complexity index is 727. The molecule has 0 heterocycles. The van der Waals surface area contributed by atoms with Gasteiger partial charge in [0, 0.05) is 11.1 Å². The molecule has 22 heavy (non-hydrogen) atoms. The zero-order valence-corrected chi connectivity index (χ0v) is 12.4. The highest BCUT2D eigenvalue weighted by atomic mass is 16.5. The Balaban J connectivity index is 2.15. The number of aromatic hydroxyl groups is 1. The van der Waals surface area contributed by atoms with Crippen LogP contribution in [0.1, 0.15) is 33.2 Å². The maximum atomic E-state index is 12.1. The summed E-state index contributed by atoms with van der Waals surface area (Å²) in [6.45, 7) is 1.48. The molecular weight excluding hydrogens is 280 g/mol. The van der Waals surface area contributed by atoms with Crippen LogP contribution in [0.4, 0.5) is 0 Å². The molecule has 0 aliphatic carbocycles. The summed E-state index contributed by atoms with van der Waals surface area (Å²) >= 11 is 0. The first-order valence-electron chi connectivity index (χ1n) is 6.71. The highest BCUT2D eigenvalue weighted by Gasteiger charge is 2.05. The molecule has 0 saturated carbocycles. The lowest BCUT2D eigenvalue weighted by Crippen LogP contribution is -1.97. The van der Waals surface area contributed by atoms with Crippen molar-refractivity contribution in [3.63, 3.8) is 0 Å². The van der Waals surface area contributed by atoms with Crippen LogP contribution in [0, 0.1) is 0 Å². The van der Waals surface area contributed by atoms with E-state index in [9.17, 15) is 14.7 Å². The lowest BCUT2D eigenvalue weighted by atomic mass is 10.1. The fraction of sp³-hybridized carbons (Fsp3) is 0.111. The fourth-order valence-corrected chi connectivity index (χ4v) is 1.94. The summed E-state index contributed by atoms with van der Waals surface area (Å²) in [5.41, 5.74) is 1.82. The van der Waals surface area contributed by atoms with Gasteiger partial charge in [-0.05, 0) is 30.7 Å². The van der Waals surface area contributed by atoms with E-state index in [1.165, 1.54) is 26.2 Å². The standard InChI is InChI=1S/C18H16O4/c1-12(19)14-5-7-15(8-6-14)16(20)9-3-13-4-10-17(21)18(11-13)22-2/h3-11,21H,1-2H3. The number of hydrogen-bond acceptors (Lipinski definition) is 4. The molecule has 0 spiro atoms. The number of rotatable bonds is 5. The Morgan fingerprint density at radius 2 is 1.68 bits per heavy atom. The molecule has 0 aliphatic heterocycles. The van der Waals surface area contributed by atoms with Crippen molar-refractivity contribution in [3.8, 4) is 11.5 Å². The molecule has 0 unspecified atom stereocenters. The number of hydrogen-bond donors (Lipinski definition) is 1. The average Bonchev–Trinajstić information content (AvgIpc) is 2.53. The topological polar surface area (TPSA) is 63.6 Å². The van der Waals surface area contributed by atoms with Gasteiger partial charge in [0.2, 0.25) is 0 Å². The third kappa shape index (κ3) is 3.61. The molecule has 0 atom stereocenters. The molecular formula is C18H16O4. The van der Waals surface area contributed by atoms with E-state index in [0.29, 0.717) is 16.9 Å². The van der Waals surface area contributed by atoms with Crippen LogP contribution >= 0.6 is 0 Å². The van der Waals surface area contributed by atoms with Gasteiger partial charge < -0.3 is 9.84 Å². The van der Waals surface area contributed by atoms with Crippen molar-refractivity contribution >= 4 is 17.6 Å². The highest BCUT2D eigenvalue weighted by Crippen LogP contribution is 2.26. The summed E-state index contributed by atoms with van der Waals surface area (Å²) in [7, 11) is 1.46. The maximum absolute atomic E-state index is 12.1. The SMILES string of the molecule is COc1cc(C=CC(=O)c2ccc(C(C)=O)cc2)ccc1O. The molecule has 2 aromatic carbocycles. The number of phenolic OH excluding ortho intramolecular Hbond substituents is 1. The van der Waals surface area contributed by atoms with E-state index in [1.54, 1.807) is 42.5 Å². The van der Waals surface area contributed by atoms with Crippen molar-refractivity contribution in [1.82, 2.24) is 0 Å². The molecule has 2 rings (SSSR count). The first kappa shape index (κ1) is 15.5. The van der Waals surface area contributed by atoms with Crippen LogP contribution in [0.5, 0.6) is 11.5 Å². The van der Waals surface area contributed by atoms with Gasteiger partial charge in [0.25, 0.3) is 0 Å². The molecule has 2 aromatic rings. The number of ether oxygens (including phenoxy) is 1. The third-order valence-corrected chi connectivity index (χ3v) is 3.21. The van der Waals surface area contributed by atoms with Crippen molar-refractivity contribution in [3.05, 3.63) is 65.2 Å². The molecule has 0 amide bonds. The normalized spacial score (nSPS) is 10.6. The van der Waals surface area contributed by atoms with E-state index < -0.39 is 0 Å². The summed E-state index contributed by atoms with van der Waals surface area (Å²) < 4.78 is 5.01. The van der Waals surface area contributed by atoms with Crippen LogP contribution in [0.2, 0.25) is 0 Å². The van der Waals surface area contributed by atoms with E-state index in [1.807, 2.05) is 0 Å². The molecule has 0 bridgehead atoms. The maximum Gasteiger partial charge on any atom is 0.185 e. The van der Waals surface area contributed by atoms with Crippen molar-refractivity contribution in [2.75, 3.05) is 7.11 Å². The highest BCUT2D eigenvalue weighted by molar-refractivity contribution is 6.07. The van der Waals surface area contributed by atoms with Gasteiger partial charge in [0.15, 0.2) is 23.1 Å². The van der Waals surface area contributed by atoms with Gasteiger partial charge in [0.1, 0.15) is 0 Å². The van der Waals surface area contributed by atoms with Crippen molar-refractivity contribution < 1.29 is 19.4 Å².